The summed E-state index contributed by atoms with van der Waals surface area (Å²) in [4.78, 5) is 0. The maximum atomic E-state index is 13.8. The highest BCUT2D eigenvalue weighted by molar-refractivity contribution is 5.26. The van der Waals surface area contributed by atoms with Gasteiger partial charge < -0.3 is 5.73 Å². The Hall–Kier alpha value is -0.960. The van der Waals surface area contributed by atoms with Crippen molar-refractivity contribution < 1.29 is 8.78 Å². The van der Waals surface area contributed by atoms with E-state index in [2.05, 4.69) is 0 Å². The van der Waals surface area contributed by atoms with Crippen LogP contribution in [0.5, 0.6) is 0 Å². The molecule has 0 heterocycles. The number of nitrogens with two attached hydrogens (primary N) is 1. The van der Waals surface area contributed by atoms with Crippen molar-refractivity contribution in [3.8, 4) is 0 Å². The Bertz CT molecular complexity index is 336. The summed E-state index contributed by atoms with van der Waals surface area (Å²) in [5.74, 6) is -2.86. The number of halogens is 2. The SMILES string of the molecule is CCc1ccc(C(F)(F)CC(C)(C)N)cc1. The van der Waals surface area contributed by atoms with Crippen LogP contribution in [0.1, 0.15) is 38.3 Å². The Morgan fingerprint density at radius 1 is 1.12 bits per heavy atom. The first-order valence-electron chi connectivity index (χ1n) is 5.51. The van der Waals surface area contributed by atoms with Crippen LogP contribution in [-0.4, -0.2) is 5.54 Å². The number of alkyl halides is 2. The molecule has 0 aromatic heterocycles. The molecule has 2 N–H and O–H groups in total. The highest BCUT2D eigenvalue weighted by Crippen LogP contribution is 2.35. The van der Waals surface area contributed by atoms with Crippen molar-refractivity contribution in [1.82, 2.24) is 0 Å². The second-order valence-electron chi connectivity index (χ2n) is 4.92. The highest BCUT2D eigenvalue weighted by Gasteiger charge is 2.36. The molecule has 1 aromatic carbocycles. The molecule has 0 aliphatic heterocycles. The molecular formula is C13H19F2N. The van der Waals surface area contributed by atoms with Gasteiger partial charge in [-0.05, 0) is 25.8 Å². The predicted molar refractivity (Wildman–Crippen MR) is 62.6 cm³/mol. The van der Waals surface area contributed by atoms with Crippen molar-refractivity contribution in [1.29, 1.82) is 0 Å². The van der Waals surface area contributed by atoms with Crippen LogP contribution in [-0.2, 0) is 12.3 Å². The Balaban J connectivity index is 2.89. The third-order valence-electron chi connectivity index (χ3n) is 2.46. The Morgan fingerprint density at radius 2 is 1.62 bits per heavy atom. The number of benzene rings is 1. The Kier molecular flexibility index (Phi) is 3.68. The van der Waals surface area contributed by atoms with Gasteiger partial charge in [-0.1, -0.05) is 31.2 Å². The summed E-state index contributed by atoms with van der Waals surface area (Å²) in [6.07, 6.45) is 0.514. The largest absolute Gasteiger partial charge is 0.325 e. The zero-order valence-corrected chi connectivity index (χ0v) is 10.1. The van der Waals surface area contributed by atoms with E-state index < -0.39 is 11.5 Å². The minimum Gasteiger partial charge on any atom is -0.325 e. The molecule has 1 aromatic rings. The van der Waals surface area contributed by atoms with Crippen LogP contribution in [0.15, 0.2) is 24.3 Å². The van der Waals surface area contributed by atoms with Crippen LogP contribution < -0.4 is 5.73 Å². The first-order chi connectivity index (χ1) is 7.24. The van der Waals surface area contributed by atoms with E-state index in [1.54, 1.807) is 26.0 Å². The quantitative estimate of drug-likeness (QED) is 0.837. The Labute approximate surface area is 95.7 Å². The summed E-state index contributed by atoms with van der Waals surface area (Å²) in [5.41, 5.74) is 5.87. The van der Waals surface area contributed by atoms with E-state index in [0.29, 0.717) is 0 Å². The molecule has 0 bridgehead atoms. The van der Waals surface area contributed by atoms with Gasteiger partial charge in [-0.15, -0.1) is 0 Å². The van der Waals surface area contributed by atoms with E-state index in [4.69, 9.17) is 5.73 Å². The second-order valence-corrected chi connectivity index (χ2v) is 4.92. The molecule has 0 radical (unpaired) electrons. The number of hydrogen-bond donors (Lipinski definition) is 1. The van der Waals surface area contributed by atoms with Gasteiger partial charge in [0.05, 0.1) is 0 Å². The summed E-state index contributed by atoms with van der Waals surface area (Å²) in [7, 11) is 0. The molecule has 0 spiro atoms. The smallest absolute Gasteiger partial charge is 0.274 e. The summed E-state index contributed by atoms with van der Waals surface area (Å²) >= 11 is 0. The molecule has 90 valence electrons. The first-order valence-corrected chi connectivity index (χ1v) is 5.51. The fourth-order valence-electron chi connectivity index (χ4n) is 1.66. The van der Waals surface area contributed by atoms with E-state index in [1.165, 1.54) is 12.1 Å². The van der Waals surface area contributed by atoms with Crippen molar-refractivity contribution in [2.45, 2.75) is 45.1 Å². The molecule has 0 amide bonds. The van der Waals surface area contributed by atoms with Gasteiger partial charge in [0.15, 0.2) is 0 Å². The minimum absolute atomic E-state index is 0.0447. The van der Waals surface area contributed by atoms with Gasteiger partial charge >= 0.3 is 0 Å². The zero-order chi connectivity index (χ0) is 12.4. The third kappa shape index (κ3) is 3.56. The molecule has 0 unspecified atom stereocenters. The highest BCUT2D eigenvalue weighted by atomic mass is 19.3. The molecule has 3 heteroatoms. The van der Waals surface area contributed by atoms with E-state index in [1.807, 2.05) is 6.92 Å². The monoisotopic (exact) mass is 227 g/mol. The van der Waals surface area contributed by atoms with E-state index in [-0.39, 0.29) is 12.0 Å². The zero-order valence-electron chi connectivity index (χ0n) is 10.1. The maximum absolute atomic E-state index is 13.8. The standard InChI is InChI=1S/C13H19F2N/c1-4-10-5-7-11(8-6-10)13(14,15)9-12(2,3)16/h5-8H,4,9,16H2,1-3H3. The van der Waals surface area contributed by atoms with Crippen LogP contribution in [0.25, 0.3) is 0 Å². The van der Waals surface area contributed by atoms with Gasteiger partial charge in [0.25, 0.3) is 5.92 Å². The third-order valence-corrected chi connectivity index (χ3v) is 2.46. The van der Waals surface area contributed by atoms with Crippen LogP contribution >= 0.6 is 0 Å². The van der Waals surface area contributed by atoms with Gasteiger partial charge in [-0.2, -0.15) is 0 Å². The molecule has 0 saturated carbocycles. The van der Waals surface area contributed by atoms with Crippen molar-refractivity contribution in [3.05, 3.63) is 35.4 Å². The van der Waals surface area contributed by atoms with E-state index in [0.717, 1.165) is 12.0 Å². The van der Waals surface area contributed by atoms with Gasteiger partial charge in [-0.25, -0.2) is 8.78 Å². The summed E-state index contributed by atoms with van der Waals surface area (Å²) < 4.78 is 27.6. The van der Waals surface area contributed by atoms with Crippen LogP contribution in [0.3, 0.4) is 0 Å². The maximum Gasteiger partial charge on any atom is 0.274 e. The van der Waals surface area contributed by atoms with Crippen molar-refractivity contribution in [2.24, 2.45) is 5.73 Å². The lowest BCUT2D eigenvalue weighted by Crippen LogP contribution is -2.38. The average molecular weight is 227 g/mol. The molecule has 0 aliphatic rings. The minimum atomic E-state index is -2.86. The fraction of sp³-hybridized carbons (Fsp3) is 0.538. The van der Waals surface area contributed by atoms with Gasteiger partial charge in [-0.3, -0.25) is 0 Å². The van der Waals surface area contributed by atoms with Crippen molar-refractivity contribution in [2.75, 3.05) is 0 Å². The van der Waals surface area contributed by atoms with Crippen LogP contribution in [0, 0.1) is 0 Å². The number of aryl methyl sites for hydroxylation is 1. The molecule has 1 rings (SSSR count). The molecule has 16 heavy (non-hydrogen) atoms. The second kappa shape index (κ2) is 4.50. The van der Waals surface area contributed by atoms with Crippen LogP contribution in [0.4, 0.5) is 8.78 Å². The molecular weight excluding hydrogens is 208 g/mol. The number of rotatable bonds is 4. The summed E-state index contributed by atoms with van der Waals surface area (Å²) in [6.45, 7) is 5.22. The molecule has 0 fully saturated rings. The Morgan fingerprint density at radius 3 is 2.00 bits per heavy atom. The summed E-state index contributed by atoms with van der Waals surface area (Å²) in [6, 6.07) is 6.47. The lowest BCUT2D eigenvalue weighted by atomic mass is 9.92. The normalized spacial score (nSPS) is 12.9. The molecule has 1 nitrogen and oxygen atoms in total. The average Bonchev–Trinajstić information content (AvgIpc) is 2.14. The van der Waals surface area contributed by atoms with Crippen molar-refractivity contribution >= 4 is 0 Å². The topological polar surface area (TPSA) is 26.0 Å². The molecule has 0 aliphatic carbocycles. The van der Waals surface area contributed by atoms with Gasteiger partial charge in [0.1, 0.15) is 0 Å². The van der Waals surface area contributed by atoms with Gasteiger partial charge in [0, 0.05) is 17.5 Å². The van der Waals surface area contributed by atoms with E-state index >= 15 is 0 Å². The van der Waals surface area contributed by atoms with Gasteiger partial charge in [0.2, 0.25) is 0 Å². The predicted octanol–water partition coefficient (Wildman–Crippen LogP) is 3.47. The molecule has 0 atom stereocenters. The fourth-order valence-corrected chi connectivity index (χ4v) is 1.66. The van der Waals surface area contributed by atoms with Crippen molar-refractivity contribution in [3.63, 3.8) is 0 Å². The number of hydrogen-bond acceptors (Lipinski definition) is 1. The molecule has 0 saturated heterocycles. The lowest BCUT2D eigenvalue weighted by molar-refractivity contribution is -0.0295. The van der Waals surface area contributed by atoms with Crippen LogP contribution in [0.2, 0.25) is 0 Å². The van der Waals surface area contributed by atoms with E-state index in [9.17, 15) is 8.78 Å². The first kappa shape index (κ1) is 13.1. The lowest BCUT2D eigenvalue weighted by Gasteiger charge is -2.26. The summed E-state index contributed by atoms with van der Waals surface area (Å²) in [5, 5.41) is 0.